The smallest absolute Gasteiger partial charge is 0.336 e. The second kappa shape index (κ2) is 9.23. The van der Waals surface area contributed by atoms with Gasteiger partial charge in [0.05, 0.1) is 14.2 Å². The Balaban J connectivity index is 1.89. The molecule has 1 amide bonds. The minimum atomic E-state index is -1.46. The number of hydrogen-bond donors (Lipinski definition) is 2. The summed E-state index contributed by atoms with van der Waals surface area (Å²) in [6.07, 6.45) is -1.49. The van der Waals surface area contributed by atoms with Crippen molar-refractivity contribution in [2.75, 3.05) is 14.2 Å². The largest absolute Gasteiger partial charge is 0.497 e. The van der Waals surface area contributed by atoms with Crippen molar-refractivity contribution >= 4 is 22.8 Å². The number of esters is 1. The minimum absolute atomic E-state index is 0.0334. The lowest BCUT2D eigenvalue weighted by molar-refractivity contribution is -0.146. The Labute approximate surface area is 172 Å². The molecular formula is C22H21NO7. The third-order valence-electron chi connectivity index (χ3n) is 4.63. The highest BCUT2D eigenvalue weighted by atomic mass is 16.5. The van der Waals surface area contributed by atoms with Gasteiger partial charge in [0.2, 0.25) is 0 Å². The van der Waals surface area contributed by atoms with Crippen LogP contribution in [0.25, 0.3) is 11.0 Å². The van der Waals surface area contributed by atoms with Crippen LogP contribution >= 0.6 is 0 Å². The zero-order chi connectivity index (χ0) is 21.7. The maximum atomic E-state index is 12.5. The van der Waals surface area contributed by atoms with E-state index in [-0.39, 0.29) is 12.0 Å². The first-order chi connectivity index (χ1) is 14.4. The van der Waals surface area contributed by atoms with Gasteiger partial charge in [-0.3, -0.25) is 4.79 Å². The van der Waals surface area contributed by atoms with Crippen molar-refractivity contribution in [1.82, 2.24) is 5.32 Å². The molecule has 0 bridgehead atoms. The quantitative estimate of drug-likeness (QED) is 0.449. The normalized spacial score (nSPS) is 12.8. The van der Waals surface area contributed by atoms with Gasteiger partial charge in [-0.25, -0.2) is 9.59 Å². The van der Waals surface area contributed by atoms with Crippen molar-refractivity contribution in [3.8, 4) is 5.75 Å². The van der Waals surface area contributed by atoms with E-state index in [9.17, 15) is 19.5 Å². The zero-order valence-corrected chi connectivity index (χ0v) is 16.5. The maximum absolute atomic E-state index is 12.5. The van der Waals surface area contributed by atoms with E-state index in [4.69, 9.17) is 13.9 Å². The number of aliphatic hydroxyl groups is 1. The zero-order valence-electron chi connectivity index (χ0n) is 16.5. The molecule has 0 fully saturated rings. The molecule has 0 unspecified atom stereocenters. The van der Waals surface area contributed by atoms with Crippen LogP contribution in [0.2, 0.25) is 0 Å². The fourth-order valence-electron chi connectivity index (χ4n) is 3.10. The average Bonchev–Trinajstić information content (AvgIpc) is 2.77. The Morgan fingerprint density at radius 3 is 2.50 bits per heavy atom. The second-order valence-electron chi connectivity index (χ2n) is 6.55. The average molecular weight is 411 g/mol. The van der Waals surface area contributed by atoms with Crippen LogP contribution in [0.4, 0.5) is 0 Å². The molecule has 2 atom stereocenters. The molecule has 0 aliphatic carbocycles. The highest BCUT2D eigenvalue weighted by Gasteiger charge is 2.27. The predicted molar refractivity (Wildman–Crippen MR) is 108 cm³/mol. The van der Waals surface area contributed by atoms with Crippen molar-refractivity contribution < 1.29 is 28.6 Å². The number of carbonyl (C=O) groups is 2. The van der Waals surface area contributed by atoms with Gasteiger partial charge >= 0.3 is 11.6 Å². The number of aliphatic hydroxyl groups excluding tert-OH is 1. The van der Waals surface area contributed by atoms with Crippen LogP contribution in [0, 0.1) is 0 Å². The molecule has 30 heavy (non-hydrogen) atoms. The molecule has 0 saturated heterocycles. The number of methoxy groups -OCH3 is 2. The van der Waals surface area contributed by atoms with Gasteiger partial charge in [-0.2, -0.15) is 0 Å². The van der Waals surface area contributed by atoms with Crippen molar-refractivity contribution in [2.24, 2.45) is 0 Å². The standard InChI is InChI=1S/C22H21NO7/c1-28-15-8-9-16-14(11-19(24)30-18(16)12-15)10-17(22(27)29-2)23-21(26)20(25)13-6-4-3-5-7-13/h3-9,11-12,17,20,25H,10H2,1-2H3,(H,23,26)/t17-,20+/m1/s1. The minimum Gasteiger partial charge on any atom is -0.497 e. The Bertz CT molecular complexity index is 1110. The lowest BCUT2D eigenvalue weighted by Crippen LogP contribution is -2.45. The predicted octanol–water partition coefficient (Wildman–Crippen LogP) is 1.74. The topological polar surface area (TPSA) is 115 Å². The maximum Gasteiger partial charge on any atom is 0.336 e. The van der Waals surface area contributed by atoms with Crippen LogP contribution in [-0.4, -0.2) is 37.2 Å². The number of hydrogen-bond acceptors (Lipinski definition) is 7. The van der Waals surface area contributed by atoms with Crippen LogP contribution in [0.15, 0.2) is 63.8 Å². The van der Waals surface area contributed by atoms with E-state index in [1.165, 1.54) is 20.3 Å². The third-order valence-corrected chi connectivity index (χ3v) is 4.63. The Kier molecular flexibility index (Phi) is 6.48. The molecule has 156 valence electrons. The Morgan fingerprint density at radius 1 is 1.10 bits per heavy atom. The first-order valence-electron chi connectivity index (χ1n) is 9.15. The molecule has 8 nitrogen and oxygen atoms in total. The third kappa shape index (κ3) is 4.66. The van der Waals surface area contributed by atoms with Gasteiger partial charge in [0.25, 0.3) is 5.91 Å². The fraction of sp³-hybridized carbons (Fsp3) is 0.227. The summed E-state index contributed by atoms with van der Waals surface area (Å²) in [5.41, 5.74) is 0.548. The molecule has 3 aromatic rings. The fourth-order valence-corrected chi connectivity index (χ4v) is 3.10. The molecule has 1 aromatic heterocycles. The summed E-state index contributed by atoms with van der Waals surface area (Å²) >= 11 is 0. The monoisotopic (exact) mass is 411 g/mol. The number of carbonyl (C=O) groups excluding carboxylic acids is 2. The van der Waals surface area contributed by atoms with Gasteiger partial charge < -0.3 is 24.3 Å². The van der Waals surface area contributed by atoms with Crippen molar-refractivity contribution in [3.63, 3.8) is 0 Å². The number of fused-ring (bicyclic) bond motifs is 1. The van der Waals surface area contributed by atoms with E-state index in [0.29, 0.717) is 22.3 Å². The molecule has 0 spiro atoms. The van der Waals surface area contributed by atoms with Gasteiger partial charge in [0.1, 0.15) is 17.4 Å². The lowest BCUT2D eigenvalue weighted by Gasteiger charge is -2.19. The Morgan fingerprint density at radius 2 is 1.83 bits per heavy atom. The number of amides is 1. The number of nitrogens with one attached hydrogen (secondary N) is 1. The van der Waals surface area contributed by atoms with Crippen molar-refractivity contribution in [2.45, 2.75) is 18.6 Å². The Hall–Kier alpha value is -3.65. The molecule has 0 aliphatic heterocycles. The number of benzene rings is 2. The molecule has 0 aliphatic rings. The summed E-state index contributed by atoms with van der Waals surface area (Å²) in [6.45, 7) is 0. The van der Waals surface area contributed by atoms with Gasteiger partial charge in [-0.15, -0.1) is 0 Å². The van der Waals surface area contributed by atoms with Crippen molar-refractivity contribution in [1.29, 1.82) is 0 Å². The van der Waals surface area contributed by atoms with Crippen molar-refractivity contribution in [3.05, 3.63) is 76.1 Å². The van der Waals surface area contributed by atoms with E-state index in [2.05, 4.69) is 5.32 Å². The molecule has 0 radical (unpaired) electrons. The summed E-state index contributed by atoms with van der Waals surface area (Å²) in [7, 11) is 2.68. The second-order valence-corrected chi connectivity index (χ2v) is 6.55. The summed E-state index contributed by atoms with van der Waals surface area (Å²) < 4.78 is 15.1. The molecule has 8 heteroatoms. The van der Waals surface area contributed by atoms with Crippen LogP contribution in [0.1, 0.15) is 17.2 Å². The lowest BCUT2D eigenvalue weighted by atomic mass is 10.0. The summed E-state index contributed by atoms with van der Waals surface area (Å²) in [6, 6.07) is 13.4. The van der Waals surface area contributed by atoms with Crippen LogP contribution in [-0.2, 0) is 20.7 Å². The van der Waals surface area contributed by atoms with Gasteiger partial charge in [0, 0.05) is 23.9 Å². The first kappa shape index (κ1) is 21.1. The van der Waals surface area contributed by atoms with Crippen LogP contribution < -0.4 is 15.7 Å². The summed E-state index contributed by atoms with van der Waals surface area (Å²) in [5, 5.41) is 13.4. The van der Waals surface area contributed by atoms with Crippen LogP contribution in [0.3, 0.4) is 0 Å². The van der Waals surface area contributed by atoms with Gasteiger partial charge in [0.15, 0.2) is 6.10 Å². The van der Waals surface area contributed by atoms with E-state index in [1.807, 2.05) is 0 Å². The van der Waals surface area contributed by atoms with Gasteiger partial charge in [-0.05, 0) is 23.3 Å². The highest BCUT2D eigenvalue weighted by molar-refractivity contribution is 5.88. The molecule has 0 saturated carbocycles. The number of ether oxygens (including phenoxy) is 2. The van der Waals surface area contributed by atoms with E-state index in [0.717, 1.165) is 0 Å². The van der Waals surface area contributed by atoms with E-state index < -0.39 is 29.6 Å². The molecule has 1 heterocycles. The molecule has 3 rings (SSSR count). The SMILES string of the molecule is COC(=O)[C@@H](Cc1cc(=O)oc2cc(OC)ccc12)NC(=O)[C@@H](O)c1ccccc1. The number of rotatable bonds is 7. The van der Waals surface area contributed by atoms with Crippen LogP contribution in [0.5, 0.6) is 5.75 Å². The van der Waals surface area contributed by atoms with E-state index >= 15 is 0 Å². The van der Waals surface area contributed by atoms with E-state index in [1.54, 1.807) is 48.5 Å². The summed E-state index contributed by atoms with van der Waals surface area (Å²) in [5.74, 6) is -0.962. The summed E-state index contributed by atoms with van der Waals surface area (Å²) in [4.78, 5) is 36.8. The molecule has 2 N–H and O–H groups in total. The first-order valence-corrected chi connectivity index (χ1v) is 9.15. The molecule has 2 aromatic carbocycles. The molecular weight excluding hydrogens is 390 g/mol. The van der Waals surface area contributed by atoms with Gasteiger partial charge in [-0.1, -0.05) is 30.3 Å². The highest BCUT2D eigenvalue weighted by Crippen LogP contribution is 2.23.